The predicted octanol–water partition coefficient (Wildman–Crippen LogP) is 6.54. The van der Waals surface area contributed by atoms with Crippen LogP contribution in [0.4, 0.5) is 11.4 Å². The van der Waals surface area contributed by atoms with Crippen molar-refractivity contribution in [2.75, 3.05) is 23.7 Å². The van der Waals surface area contributed by atoms with E-state index in [1.54, 1.807) is 39.5 Å². The summed E-state index contributed by atoms with van der Waals surface area (Å²) >= 11 is 14.3. The lowest BCUT2D eigenvalue weighted by atomic mass is 9.81. The van der Waals surface area contributed by atoms with Gasteiger partial charge in [-0.15, -0.1) is 0 Å². The first-order chi connectivity index (χ1) is 22.0. The van der Waals surface area contributed by atoms with Gasteiger partial charge in [0.1, 0.15) is 3.70 Å². The molecule has 0 aliphatic carbocycles. The summed E-state index contributed by atoms with van der Waals surface area (Å²) in [4.78, 5) is 8.80. The maximum atomic E-state index is 8.58. The summed E-state index contributed by atoms with van der Waals surface area (Å²) in [6.07, 6.45) is 3.61. The highest BCUT2D eigenvalue weighted by molar-refractivity contribution is 14.1. The van der Waals surface area contributed by atoms with Gasteiger partial charge in [0, 0.05) is 30.8 Å². The monoisotopic (exact) mass is 772 g/mol. The van der Waals surface area contributed by atoms with Crippen molar-refractivity contribution >= 4 is 81.0 Å². The van der Waals surface area contributed by atoms with Gasteiger partial charge in [-0.2, -0.15) is 10.2 Å². The van der Waals surface area contributed by atoms with E-state index in [9.17, 15) is 0 Å². The van der Waals surface area contributed by atoms with E-state index >= 15 is 0 Å². The highest BCUT2D eigenvalue weighted by Crippen LogP contribution is 2.26. The number of imidazole rings is 2. The molecule has 0 unspecified atom stereocenters. The second-order valence-corrected chi connectivity index (χ2v) is 13.0. The van der Waals surface area contributed by atoms with Gasteiger partial charge < -0.3 is 20.7 Å². The smallest absolute Gasteiger partial charge is 0.423 e. The molecule has 4 N–H and O–H groups in total. The zero-order valence-electron chi connectivity index (χ0n) is 25.9. The van der Waals surface area contributed by atoms with Gasteiger partial charge in [0.05, 0.1) is 29.5 Å². The Kier molecular flexibility index (Phi) is 13.0. The van der Waals surface area contributed by atoms with Crippen LogP contribution in [0.3, 0.4) is 0 Å². The molecule has 0 fully saturated rings. The second-order valence-electron chi connectivity index (χ2n) is 11.2. The lowest BCUT2D eigenvalue weighted by Crippen LogP contribution is -2.29. The molecule has 2 aromatic carbocycles. The van der Waals surface area contributed by atoms with Crippen molar-refractivity contribution in [1.82, 2.24) is 29.2 Å². The van der Waals surface area contributed by atoms with E-state index in [0.29, 0.717) is 27.6 Å². The number of rotatable bonds is 8. The van der Waals surface area contributed by atoms with Crippen molar-refractivity contribution in [3.63, 3.8) is 0 Å². The average molecular weight is 773 g/mol. The minimum atomic E-state index is -1.34. The summed E-state index contributed by atoms with van der Waals surface area (Å²) in [6, 6.07) is 22.3. The Labute approximate surface area is 292 Å². The van der Waals surface area contributed by atoms with Gasteiger partial charge in [0.2, 0.25) is 0 Å². The molecule has 0 amide bonds. The molecule has 4 aromatic heterocycles. The van der Waals surface area contributed by atoms with Crippen molar-refractivity contribution in [3.05, 3.63) is 99.2 Å². The molecule has 46 heavy (non-hydrogen) atoms. The SMILES string of the molecule is CC(C)CNc1cc(Cl)nn2c(-c3ccccc3)cnc12.CC(C)CNc1cc(Cl)nn2c(I)cnc12.OB(O)c1ccccc1. The summed E-state index contributed by atoms with van der Waals surface area (Å²) < 4.78 is 4.48. The summed E-state index contributed by atoms with van der Waals surface area (Å²) in [7, 11) is -1.34. The van der Waals surface area contributed by atoms with Gasteiger partial charge in [-0.3, -0.25) is 0 Å². The third kappa shape index (κ3) is 9.79. The van der Waals surface area contributed by atoms with E-state index in [2.05, 4.69) is 81.1 Å². The Morgan fingerprint density at radius 2 is 1.22 bits per heavy atom. The van der Waals surface area contributed by atoms with Crippen molar-refractivity contribution in [1.29, 1.82) is 0 Å². The zero-order valence-corrected chi connectivity index (χ0v) is 29.6. The zero-order chi connectivity index (χ0) is 33.2. The average Bonchev–Trinajstić information content (AvgIpc) is 3.63. The Morgan fingerprint density at radius 3 is 1.72 bits per heavy atom. The number of nitrogens with one attached hydrogen (secondary N) is 2. The van der Waals surface area contributed by atoms with E-state index in [-0.39, 0.29) is 0 Å². The molecule has 0 radical (unpaired) electrons. The maximum absolute atomic E-state index is 8.58. The molecule has 14 heteroatoms. The molecule has 0 aliphatic rings. The van der Waals surface area contributed by atoms with Crippen LogP contribution in [0.5, 0.6) is 0 Å². The summed E-state index contributed by atoms with van der Waals surface area (Å²) in [6.45, 7) is 10.4. The third-order valence-electron chi connectivity index (χ3n) is 6.40. The van der Waals surface area contributed by atoms with E-state index < -0.39 is 7.12 Å². The molecule has 6 aromatic rings. The molecule has 0 aliphatic heterocycles. The van der Waals surface area contributed by atoms with E-state index in [1.807, 2.05) is 54.7 Å². The minimum Gasteiger partial charge on any atom is -0.423 e. The number of benzene rings is 2. The number of hydrogen-bond acceptors (Lipinski definition) is 8. The molecule has 4 heterocycles. The Hall–Kier alpha value is -3.43. The fraction of sp³-hybridized carbons (Fsp3) is 0.250. The third-order valence-corrected chi connectivity index (χ3v) is 7.51. The quantitative estimate of drug-likeness (QED) is 0.102. The highest BCUT2D eigenvalue weighted by atomic mass is 127. The number of aromatic nitrogens is 6. The van der Waals surface area contributed by atoms with Gasteiger partial charge >= 0.3 is 7.12 Å². The van der Waals surface area contributed by atoms with Crippen LogP contribution in [-0.2, 0) is 0 Å². The number of anilines is 2. The van der Waals surface area contributed by atoms with Gasteiger partial charge in [0.25, 0.3) is 0 Å². The van der Waals surface area contributed by atoms with Crippen LogP contribution in [0.2, 0.25) is 10.3 Å². The maximum Gasteiger partial charge on any atom is 0.488 e. The van der Waals surface area contributed by atoms with E-state index in [4.69, 9.17) is 33.2 Å². The largest absolute Gasteiger partial charge is 0.488 e. The molecule has 240 valence electrons. The van der Waals surface area contributed by atoms with Crippen LogP contribution in [-0.4, -0.2) is 59.5 Å². The predicted molar refractivity (Wildman–Crippen MR) is 197 cm³/mol. The highest BCUT2D eigenvalue weighted by Gasteiger charge is 2.13. The van der Waals surface area contributed by atoms with E-state index in [1.165, 1.54) is 0 Å². The first-order valence-corrected chi connectivity index (χ1v) is 16.5. The molecular weight excluding hydrogens is 737 g/mol. The molecule has 0 spiro atoms. The first kappa shape index (κ1) is 35.4. The van der Waals surface area contributed by atoms with Crippen LogP contribution in [0.1, 0.15) is 27.7 Å². The first-order valence-electron chi connectivity index (χ1n) is 14.7. The van der Waals surface area contributed by atoms with E-state index in [0.717, 1.165) is 50.7 Å². The Bertz CT molecular complexity index is 1840. The lowest BCUT2D eigenvalue weighted by Gasteiger charge is -2.10. The fourth-order valence-corrected chi connectivity index (χ4v) is 5.01. The lowest BCUT2D eigenvalue weighted by molar-refractivity contribution is 0.426. The molecule has 0 saturated heterocycles. The summed E-state index contributed by atoms with van der Waals surface area (Å²) in [5.74, 6) is 1.11. The van der Waals surface area contributed by atoms with Gasteiger partial charge in [-0.1, -0.05) is 112 Å². The molecule has 6 rings (SSSR count). The van der Waals surface area contributed by atoms with Crippen LogP contribution in [0.15, 0.2) is 85.2 Å². The molecule has 0 bridgehead atoms. The molecule has 10 nitrogen and oxygen atoms in total. The van der Waals surface area contributed by atoms with Gasteiger partial charge in [0.15, 0.2) is 21.6 Å². The Balaban J connectivity index is 0.000000170. The number of halogens is 3. The second kappa shape index (κ2) is 16.9. The molecular formula is C32H36BCl2IN8O2. The minimum absolute atomic E-state index is 0.448. The van der Waals surface area contributed by atoms with Crippen LogP contribution < -0.4 is 16.1 Å². The van der Waals surface area contributed by atoms with Crippen molar-refractivity contribution in [3.8, 4) is 11.3 Å². The number of fused-ring (bicyclic) bond motifs is 2. The topological polar surface area (TPSA) is 125 Å². The van der Waals surface area contributed by atoms with Crippen LogP contribution >= 0.6 is 45.8 Å². The van der Waals surface area contributed by atoms with Gasteiger partial charge in [-0.25, -0.2) is 19.0 Å². The fourth-order valence-electron chi connectivity index (χ4n) is 4.17. The number of hydrogen-bond donors (Lipinski definition) is 4. The number of nitrogens with zero attached hydrogens (tertiary/aromatic N) is 6. The van der Waals surface area contributed by atoms with Crippen molar-refractivity contribution in [2.45, 2.75) is 27.7 Å². The Morgan fingerprint density at radius 1 is 0.739 bits per heavy atom. The summed E-state index contributed by atoms with van der Waals surface area (Å²) in [5.41, 5.74) is 5.96. The van der Waals surface area contributed by atoms with Crippen molar-refractivity contribution in [2.24, 2.45) is 11.8 Å². The van der Waals surface area contributed by atoms with Crippen LogP contribution in [0, 0.1) is 15.5 Å². The molecule has 0 atom stereocenters. The normalized spacial score (nSPS) is 10.8. The standard InChI is InChI=1S/C16H17ClN4.C10H12ClIN4.C6H7BO2/c1-11(2)9-18-13-8-15(17)20-21-14(10-19-16(13)21)12-6-4-3-5-7-12;1-6(2)4-13-7-3-8(11)15-16-9(12)5-14-10(7)16;8-7(9)6-4-2-1-3-5-6/h3-8,10-11,18H,9H2,1-2H3;3,5-6,13H,4H2,1-2H3;1-5,8-9H. The van der Waals surface area contributed by atoms with Gasteiger partial charge in [-0.05, 0) is 39.9 Å². The van der Waals surface area contributed by atoms with Crippen LogP contribution in [0.25, 0.3) is 22.6 Å². The molecule has 0 saturated carbocycles. The summed E-state index contributed by atoms with van der Waals surface area (Å²) in [5, 5.41) is 33.4. The van der Waals surface area contributed by atoms with Crippen molar-refractivity contribution < 1.29 is 10.0 Å².